The second-order valence-electron chi connectivity index (χ2n) is 8.71. The maximum Gasteiger partial charge on any atom is 0.328 e. The minimum Gasteiger partial charge on any atom is -0.478 e. The van der Waals surface area contributed by atoms with Gasteiger partial charge in [-0.2, -0.15) is 0 Å². The van der Waals surface area contributed by atoms with Gasteiger partial charge in [-0.3, -0.25) is 0 Å². The Labute approximate surface area is 156 Å². The SMILES string of the molecule is CC(C=CC1CCCC1c1ccc2c(c1)C(C)(C)OC2(C)C)=CC(=O)O. The Morgan fingerprint density at radius 1 is 1.15 bits per heavy atom. The molecule has 1 fully saturated rings. The van der Waals surface area contributed by atoms with Gasteiger partial charge < -0.3 is 9.84 Å². The number of carboxylic acids is 1. The number of aliphatic carboxylic acids is 1. The average molecular weight is 354 g/mol. The van der Waals surface area contributed by atoms with E-state index in [1.54, 1.807) is 0 Å². The van der Waals surface area contributed by atoms with Crippen molar-refractivity contribution in [2.75, 3.05) is 0 Å². The molecule has 3 rings (SSSR count). The molecule has 1 aromatic rings. The van der Waals surface area contributed by atoms with Crippen LogP contribution in [0.2, 0.25) is 0 Å². The molecular formula is C23H30O3. The highest BCUT2D eigenvalue weighted by atomic mass is 16.5. The number of ether oxygens (including phenoxy) is 1. The van der Waals surface area contributed by atoms with E-state index in [0.29, 0.717) is 11.8 Å². The molecule has 1 heterocycles. The molecule has 1 saturated carbocycles. The molecule has 0 spiro atoms. The van der Waals surface area contributed by atoms with Crippen molar-refractivity contribution in [1.29, 1.82) is 0 Å². The summed E-state index contributed by atoms with van der Waals surface area (Å²) in [5.74, 6) is 0.0657. The lowest BCUT2D eigenvalue weighted by molar-refractivity contribution is -0.131. The van der Waals surface area contributed by atoms with Gasteiger partial charge in [0.1, 0.15) is 0 Å². The molecule has 0 saturated heterocycles. The standard InChI is InChI=1S/C23H30O3/c1-15(13-21(24)25)9-10-16-7-6-8-18(16)17-11-12-19-20(14-17)23(4,5)26-22(19,2)3/h9-14,16,18H,6-8H2,1-5H3,(H,24,25). The van der Waals surface area contributed by atoms with E-state index in [1.807, 2.05) is 13.0 Å². The molecule has 1 N–H and O–H groups in total. The van der Waals surface area contributed by atoms with Crippen molar-refractivity contribution < 1.29 is 14.6 Å². The van der Waals surface area contributed by atoms with Crippen LogP contribution in [0.25, 0.3) is 0 Å². The van der Waals surface area contributed by atoms with E-state index in [1.165, 1.54) is 35.6 Å². The van der Waals surface area contributed by atoms with E-state index in [9.17, 15) is 4.79 Å². The summed E-state index contributed by atoms with van der Waals surface area (Å²) in [7, 11) is 0. The molecule has 2 aliphatic rings. The molecule has 140 valence electrons. The third-order valence-electron chi connectivity index (χ3n) is 5.81. The summed E-state index contributed by atoms with van der Waals surface area (Å²) >= 11 is 0. The fourth-order valence-electron chi connectivity index (χ4n) is 4.71. The zero-order valence-electron chi connectivity index (χ0n) is 16.5. The Hall–Kier alpha value is -1.87. The smallest absolute Gasteiger partial charge is 0.328 e. The first-order valence-electron chi connectivity index (χ1n) is 9.55. The quantitative estimate of drug-likeness (QED) is 0.561. The Bertz CT molecular complexity index is 768. The zero-order valence-corrected chi connectivity index (χ0v) is 16.5. The highest BCUT2D eigenvalue weighted by Gasteiger charge is 2.43. The second-order valence-corrected chi connectivity index (χ2v) is 8.71. The molecule has 3 nitrogen and oxygen atoms in total. The number of fused-ring (bicyclic) bond motifs is 1. The van der Waals surface area contributed by atoms with Crippen molar-refractivity contribution in [3.8, 4) is 0 Å². The largest absolute Gasteiger partial charge is 0.478 e. The van der Waals surface area contributed by atoms with Crippen molar-refractivity contribution in [3.05, 3.63) is 58.7 Å². The Kier molecular flexibility index (Phi) is 4.87. The lowest BCUT2D eigenvalue weighted by atomic mass is 9.83. The molecule has 0 aromatic heterocycles. The molecule has 0 bridgehead atoms. The summed E-state index contributed by atoms with van der Waals surface area (Å²) in [5.41, 5.74) is 4.25. The predicted octanol–water partition coefficient (Wildman–Crippen LogP) is 5.66. The molecule has 0 amide bonds. The maximum absolute atomic E-state index is 10.8. The fraction of sp³-hybridized carbons (Fsp3) is 0.522. The molecule has 0 radical (unpaired) electrons. The molecule has 1 aromatic carbocycles. The van der Waals surface area contributed by atoms with E-state index in [0.717, 1.165) is 12.0 Å². The monoisotopic (exact) mass is 354 g/mol. The van der Waals surface area contributed by atoms with E-state index >= 15 is 0 Å². The van der Waals surface area contributed by atoms with Gasteiger partial charge in [0.25, 0.3) is 0 Å². The number of benzene rings is 1. The lowest BCUT2D eigenvalue weighted by Crippen LogP contribution is -2.22. The van der Waals surface area contributed by atoms with Gasteiger partial charge in [0, 0.05) is 6.08 Å². The van der Waals surface area contributed by atoms with Gasteiger partial charge in [-0.15, -0.1) is 0 Å². The average Bonchev–Trinajstić information content (AvgIpc) is 3.05. The number of hydrogen-bond donors (Lipinski definition) is 1. The van der Waals surface area contributed by atoms with Crippen LogP contribution in [0.15, 0.2) is 42.0 Å². The molecule has 1 aliphatic heterocycles. The predicted molar refractivity (Wildman–Crippen MR) is 104 cm³/mol. The van der Waals surface area contributed by atoms with Gasteiger partial charge in [-0.1, -0.05) is 36.8 Å². The van der Waals surface area contributed by atoms with Gasteiger partial charge in [0.15, 0.2) is 0 Å². The van der Waals surface area contributed by atoms with Crippen LogP contribution in [0, 0.1) is 5.92 Å². The normalized spacial score (nSPS) is 27.0. The first-order valence-corrected chi connectivity index (χ1v) is 9.55. The van der Waals surface area contributed by atoms with Crippen molar-refractivity contribution >= 4 is 5.97 Å². The van der Waals surface area contributed by atoms with Gasteiger partial charge in [-0.05, 0) is 81.6 Å². The molecular weight excluding hydrogens is 324 g/mol. The van der Waals surface area contributed by atoms with Crippen molar-refractivity contribution in [3.63, 3.8) is 0 Å². The summed E-state index contributed by atoms with van der Waals surface area (Å²) < 4.78 is 6.29. The summed E-state index contributed by atoms with van der Waals surface area (Å²) in [6, 6.07) is 6.86. The van der Waals surface area contributed by atoms with E-state index < -0.39 is 5.97 Å². The van der Waals surface area contributed by atoms with Crippen LogP contribution in [0.5, 0.6) is 0 Å². The Balaban J connectivity index is 1.87. The summed E-state index contributed by atoms with van der Waals surface area (Å²) in [6.07, 6.45) is 8.97. The third-order valence-corrected chi connectivity index (χ3v) is 5.81. The van der Waals surface area contributed by atoms with Gasteiger partial charge in [0.2, 0.25) is 0 Å². The second kappa shape index (κ2) is 6.70. The van der Waals surface area contributed by atoms with E-state index in [2.05, 4.69) is 52.0 Å². The molecule has 1 aliphatic carbocycles. The highest BCUT2D eigenvalue weighted by molar-refractivity contribution is 5.81. The molecule has 2 unspecified atom stereocenters. The minimum absolute atomic E-state index is 0.245. The summed E-state index contributed by atoms with van der Waals surface area (Å²) in [5, 5.41) is 8.86. The number of carbonyl (C=O) groups is 1. The number of rotatable bonds is 4. The van der Waals surface area contributed by atoms with Crippen LogP contribution in [0.1, 0.15) is 76.5 Å². The minimum atomic E-state index is -0.890. The van der Waals surface area contributed by atoms with Crippen LogP contribution in [-0.2, 0) is 20.7 Å². The maximum atomic E-state index is 10.8. The van der Waals surface area contributed by atoms with Crippen LogP contribution in [0.3, 0.4) is 0 Å². The van der Waals surface area contributed by atoms with Crippen molar-refractivity contribution in [2.24, 2.45) is 5.92 Å². The van der Waals surface area contributed by atoms with Crippen LogP contribution in [-0.4, -0.2) is 11.1 Å². The highest BCUT2D eigenvalue weighted by Crippen LogP contribution is 2.49. The van der Waals surface area contributed by atoms with Crippen molar-refractivity contribution in [1.82, 2.24) is 0 Å². The topological polar surface area (TPSA) is 46.5 Å². The van der Waals surface area contributed by atoms with E-state index in [-0.39, 0.29) is 11.2 Å². The molecule has 26 heavy (non-hydrogen) atoms. The van der Waals surface area contributed by atoms with Crippen LogP contribution >= 0.6 is 0 Å². The Morgan fingerprint density at radius 2 is 1.85 bits per heavy atom. The lowest BCUT2D eigenvalue weighted by Gasteiger charge is -2.25. The fourth-order valence-corrected chi connectivity index (χ4v) is 4.71. The van der Waals surface area contributed by atoms with Gasteiger partial charge >= 0.3 is 5.97 Å². The Morgan fingerprint density at radius 3 is 2.54 bits per heavy atom. The van der Waals surface area contributed by atoms with Crippen LogP contribution < -0.4 is 0 Å². The van der Waals surface area contributed by atoms with Crippen LogP contribution in [0.4, 0.5) is 0 Å². The van der Waals surface area contributed by atoms with Gasteiger partial charge in [-0.25, -0.2) is 4.79 Å². The number of carboxylic acid groups (broad SMARTS) is 1. The first-order chi connectivity index (χ1) is 12.1. The first kappa shape index (κ1) is 18.9. The summed E-state index contributed by atoms with van der Waals surface area (Å²) in [6.45, 7) is 10.4. The van der Waals surface area contributed by atoms with E-state index in [4.69, 9.17) is 9.84 Å². The molecule has 3 heteroatoms. The number of allylic oxidation sites excluding steroid dienone is 3. The molecule has 2 atom stereocenters. The zero-order chi connectivity index (χ0) is 19.1. The third kappa shape index (κ3) is 3.64. The summed E-state index contributed by atoms with van der Waals surface area (Å²) in [4.78, 5) is 10.8. The van der Waals surface area contributed by atoms with Gasteiger partial charge in [0.05, 0.1) is 11.2 Å². The number of hydrogen-bond acceptors (Lipinski definition) is 2. The van der Waals surface area contributed by atoms with Crippen molar-refractivity contribution in [2.45, 2.75) is 71.0 Å².